The first-order valence-corrected chi connectivity index (χ1v) is 6.16. The van der Waals surface area contributed by atoms with Crippen molar-refractivity contribution in [3.8, 4) is 5.75 Å². The molecule has 0 amide bonds. The van der Waals surface area contributed by atoms with Crippen molar-refractivity contribution in [1.82, 2.24) is 0 Å². The monoisotopic (exact) mass is 222 g/mol. The molecule has 2 nitrogen and oxygen atoms in total. The highest BCUT2D eigenvalue weighted by molar-refractivity contribution is 5.42. The molecule has 0 fully saturated rings. The number of phenols is 1. The molecule has 90 valence electrons. The maximum atomic E-state index is 9.77. The number of benzene rings is 1. The van der Waals surface area contributed by atoms with E-state index in [2.05, 4.69) is 13.8 Å². The second-order valence-electron chi connectivity index (χ2n) is 3.97. The van der Waals surface area contributed by atoms with Crippen LogP contribution in [0.15, 0.2) is 18.2 Å². The van der Waals surface area contributed by atoms with E-state index in [0.29, 0.717) is 18.3 Å². The highest BCUT2D eigenvalue weighted by atomic mass is 16.5. The van der Waals surface area contributed by atoms with Crippen molar-refractivity contribution in [2.45, 2.75) is 46.8 Å². The molecule has 1 heterocycles. The summed E-state index contributed by atoms with van der Waals surface area (Å²) in [4.78, 5) is 0. The van der Waals surface area contributed by atoms with Crippen LogP contribution in [0, 0.1) is 5.92 Å². The van der Waals surface area contributed by atoms with Crippen molar-refractivity contribution in [2.75, 3.05) is 0 Å². The molecule has 1 N–H and O–H groups in total. The fraction of sp³-hybridized carbons (Fsp3) is 0.571. The predicted molar refractivity (Wildman–Crippen MR) is 66.4 cm³/mol. The van der Waals surface area contributed by atoms with E-state index in [9.17, 15) is 5.11 Å². The first kappa shape index (κ1) is 13.0. The number of aromatic hydroxyl groups is 1. The summed E-state index contributed by atoms with van der Waals surface area (Å²) >= 11 is 0. The Morgan fingerprint density at radius 2 is 2.12 bits per heavy atom. The van der Waals surface area contributed by atoms with Crippen molar-refractivity contribution in [3.63, 3.8) is 0 Å². The summed E-state index contributed by atoms with van der Waals surface area (Å²) in [5.74, 6) is 0.842. The molecule has 0 spiro atoms. The van der Waals surface area contributed by atoms with Crippen LogP contribution in [0.4, 0.5) is 0 Å². The first-order valence-electron chi connectivity index (χ1n) is 6.16. The van der Waals surface area contributed by atoms with Crippen molar-refractivity contribution < 1.29 is 9.84 Å². The summed E-state index contributed by atoms with van der Waals surface area (Å²) in [6.45, 7) is 8.94. The van der Waals surface area contributed by atoms with Crippen LogP contribution in [0.3, 0.4) is 0 Å². The molecular weight excluding hydrogens is 200 g/mol. The van der Waals surface area contributed by atoms with Gasteiger partial charge < -0.3 is 9.84 Å². The molecule has 2 rings (SSSR count). The van der Waals surface area contributed by atoms with Gasteiger partial charge >= 0.3 is 0 Å². The maximum Gasteiger partial charge on any atom is 0.121 e. The molecule has 16 heavy (non-hydrogen) atoms. The van der Waals surface area contributed by atoms with Crippen molar-refractivity contribution in [2.24, 2.45) is 5.92 Å². The summed E-state index contributed by atoms with van der Waals surface area (Å²) in [6.07, 6.45) is 1.15. The second kappa shape index (κ2) is 5.90. The Labute approximate surface area is 98.3 Å². The van der Waals surface area contributed by atoms with Gasteiger partial charge in [0.1, 0.15) is 5.75 Å². The molecule has 0 aliphatic carbocycles. The molecule has 0 bridgehead atoms. The molecule has 2 heteroatoms. The van der Waals surface area contributed by atoms with Crippen LogP contribution in [0.25, 0.3) is 0 Å². The molecule has 1 aromatic carbocycles. The lowest BCUT2D eigenvalue weighted by molar-refractivity contribution is 0.0265. The molecule has 1 aromatic rings. The van der Waals surface area contributed by atoms with Crippen LogP contribution in [0.2, 0.25) is 0 Å². The van der Waals surface area contributed by atoms with Crippen LogP contribution in [-0.4, -0.2) is 5.11 Å². The van der Waals surface area contributed by atoms with Gasteiger partial charge in [0, 0.05) is 5.56 Å². The molecule has 0 saturated heterocycles. The third kappa shape index (κ3) is 2.38. The summed E-state index contributed by atoms with van der Waals surface area (Å²) in [7, 11) is 0. The Bertz CT molecular complexity index is 334. The SMILES string of the molecule is CC.CCC(C)C1OCc2cccc(O)c21. The number of phenolic OH excluding ortho intramolecular Hbond substituents is 1. The Hall–Kier alpha value is -1.02. The van der Waals surface area contributed by atoms with Crippen molar-refractivity contribution >= 4 is 0 Å². The molecule has 0 saturated carbocycles. The Morgan fingerprint density at radius 1 is 1.44 bits per heavy atom. The zero-order valence-corrected chi connectivity index (χ0v) is 10.7. The van der Waals surface area contributed by atoms with E-state index in [1.54, 1.807) is 6.07 Å². The van der Waals surface area contributed by atoms with E-state index >= 15 is 0 Å². The van der Waals surface area contributed by atoms with Gasteiger partial charge in [-0.2, -0.15) is 0 Å². The van der Waals surface area contributed by atoms with E-state index in [1.165, 1.54) is 0 Å². The third-order valence-electron chi connectivity index (χ3n) is 3.04. The van der Waals surface area contributed by atoms with E-state index in [1.807, 2.05) is 26.0 Å². The lowest BCUT2D eigenvalue weighted by Crippen LogP contribution is -2.07. The van der Waals surface area contributed by atoms with E-state index < -0.39 is 0 Å². The molecule has 1 aliphatic rings. The normalized spacial score (nSPS) is 19.6. The van der Waals surface area contributed by atoms with Gasteiger partial charge in [-0.3, -0.25) is 0 Å². The Kier molecular flexibility index (Phi) is 4.81. The Balaban J connectivity index is 0.000000606. The van der Waals surface area contributed by atoms with Crippen LogP contribution in [0.5, 0.6) is 5.75 Å². The zero-order chi connectivity index (χ0) is 12.1. The number of hydrogen-bond donors (Lipinski definition) is 1. The number of ether oxygens (including phenoxy) is 1. The van der Waals surface area contributed by atoms with Gasteiger partial charge in [0.25, 0.3) is 0 Å². The molecular formula is C14H22O2. The summed E-state index contributed by atoms with van der Waals surface area (Å²) in [5.41, 5.74) is 2.14. The molecule has 0 radical (unpaired) electrons. The second-order valence-corrected chi connectivity index (χ2v) is 3.97. The van der Waals surface area contributed by atoms with Crippen molar-refractivity contribution in [1.29, 1.82) is 0 Å². The largest absolute Gasteiger partial charge is 0.508 e. The Morgan fingerprint density at radius 3 is 2.75 bits per heavy atom. The minimum atomic E-state index is 0.0798. The standard InChI is InChI=1S/C12H16O2.C2H6/c1-3-8(2)12-11-9(7-14-12)5-4-6-10(11)13;1-2/h4-6,8,12-13H,3,7H2,1-2H3;1-2H3. The minimum absolute atomic E-state index is 0.0798. The summed E-state index contributed by atoms with van der Waals surface area (Å²) < 4.78 is 5.70. The topological polar surface area (TPSA) is 29.5 Å². The van der Waals surface area contributed by atoms with Crippen LogP contribution in [0.1, 0.15) is 51.3 Å². The van der Waals surface area contributed by atoms with Gasteiger partial charge in [-0.1, -0.05) is 46.2 Å². The predicted octanol–water partition coefficient (Wildman–Crippen LogP) is 4.04. The van der Waals surface area contributed by atoms with E-state index in [-0.39, 0.29) is 6.10 Å². The zero-order valence-electron chi connectivity index (χ0n) is 10.7. The smallest absolute Gasteiger partial charge is 0.121 e. The van der Waals surface area contributed by atoms with Crippen molar-refractivity contribution in [3.05, 3.63) is 29.3 Å². The number of rotatable bonds is 2. The molecule has 2 unspecified atom stereocenters. The minimum Gasteiger partial charge on any atom is -0.508 e. The van der Waals surface area contributed by atoms with E-state index in [4.69, 9.17) is 4.74 Å². The van der Waals surface area contributed by atoms with Gasteiger partial charge in [-0.25, -0.2) is 0 Å². The fourth-order valence-electron chi connectivity index (χ4n) is 1.98. The van der Waals surface area contributed by atoms with Gasteiger partial charge in [0.05, 0.1) is 12.7 Å². The van der Waals surface area contributed by atoms with Crippen LogP contribution >= 0.6 is 0 Å². The van der Waals surface area contributed by atoms with E-state index in [0.717, 1.165) is 17.5 Å². The van der Waals surface area contributed by atoms with Gasteiger partial charge in [0.15, 0.2) is 0 Å². The lowest BCUT2D eigenvalue weighted by Gasteiger charge is -2.18. The van der Waals surface area contributed by atoms with Crippen LogP contribution in [-0.2, 0) is 11.3 Å². The molecule has 2 atom stereocenters. The number of fused-ring (bicyclic) bond motifs is 1. The van der Waals surface area contributed by atoms with Gasteiger partial charge in [0.2, 0.25) is 0 Å². The quantitative estimate of drug-likeness (QED) is 0.818. The average molecular weight is 222 g/mol. The highest BCUT2D eigenvalue weighted by Gasteiger charge is 2.29. The highest BCUT2D eigenvalue weighted by Crippen LogP contribution is 2.41. The first-order chi connectivity index (χ1) is 7.74. The maximum absolute atomic E-state index is 9.77. The number of hydrogen-bond acceptors (Lipinski definition) is 2. The molecule has 1 aliphatic heterocycles. The van der Waals surface area contributed by atoms with Gasteiger partial charge in [-0.05, 0) is 17.5 Å². The fourth-order valence-corrected chi connectivity index (χ4v) is 1.98. The molecule has 0 aromatic heterocycles. The van der Waals surface area contributed by atoms with Gasteiger partial charge in [-0.15, -0.1) is 0 Å². The summed E-state index contributed by atoms with van der Waals surface area (Å²) in [6, 6.07) is 5.64. The lowest BCUT2D eigenvalue weighted by atomic mass is 9.93. The van der Waals surface area contributed by atoms with Crippen LogP contribution < -0.4 is 0 Å². The average Bonchev–Trinajstić information content (AvgIpc) is 2.76. The third-order valence-corrected chi connectivity index (χ3v) is 3.04. The summed E-state index contributed by atoms with van der Waals surface area (Å²) in [5, 5.41) is 9.77.